The summed E-state index contributed by atoms with van der Waals surface area (Å²) in [6.07, 6.45) is 9.47. The van der Waals surface area contributed by atoms with E-state index in [-0.39, 0.29) is 5.41 Å². The van der Waals surface area contributed by atoms with Gasteiger partial charge in [0.1, 0.15) is 5.78 Å². The van der Waals surface area contributed by atoms with Gasteiger partial charge in [-0.15, -0.1) is 0 Å². The first kappa shape index (κ1) is 14.0. The second kappa shape index (κ2) is 6.18. The fourth-order valence-electron chi connectivity index (χ4n) is 4.04. The normalized spacial score (nSPS) is 36.8. The van der Waals surface area contributed by atoms with Crippen molar-refractivity contribution < 1.29 is 4.79 Å². The molecule has 1 saturated heterocycles. The first-order valence-electron chi connectivity index (χ1n) is 7.97. The molecule has 2 nitrogen and oxygen atoms in total. The van der Waals surface area contributed by atoms with Crippen LogP contribution in [-0.4, -0.2) is 18.9 Å². The molecule has 2 rings (SSSR count). The third kappa shape index (κ3) is 2.79. The highest BCUT2D eigenvalue weighted by Gasteiger charge is 2.43. The van der Waals surface area contributed by atoms with E-state index in [1.807, 2.05) is 0 Å². The molecule has 1 heterocycles. The van der Waals surface area contributed by atoms with Crippen LogP contribution in [0.4, 0.5) is 0 Å². The van der Waals surface area contributed by atoms with Crippen LogP contribution in [0.25, 0.3) is 0 Å². The van der Waals surface area contributed by atoms with E-state index in [0.717, 1.165) is 51.1 Å². The highest BCUT2D eigenvalue weighted by atomic mass is 16.1. The number of hydrogen-bond acceptors (Lipinski definition) is 2. The fourth-order valence-corrected chi connectivity index (χ4v) is 4.04. The second-order valence-corrected chi connectivity index (χ2v) is 6.45. The predicted octanol–water partition coefficient (Wildman–Crippen LogP) is 3.55. The van der Waals surface area contributed by atoms with Crippen molar-refractivity contribution in [3.05, 3.63) is 0 Å². The van der Waals surface area contributed by atoms with Gasteiger partial charge in [0, 0.05) is 17.9 Å². The largest absolute Gasteiger partial charge is 0.316 e. The van der Waals surface area contributed by atoms with Crippen LogP contribution in [0, 0.1) is 17.3 Å². The predicted molar refractivity (Wildman–Crippen MR) is 75.6 cm³/mol. The lowest BCUT2D eigenvalue weighted by molar-refractivity contribution is -0.133. The Morgan fingerprint density at radius 2 is 1.94 bits per heavy atom. The van der Waals surface area contributed by atoms with Crippen LogP contribution in [0.2, 0.25) is 0 Å². The third-order valence-corrected chi connectivity index (χ3v) is 5.29. The van der Waals surface area contributed by atoms with Gasteiger partial charge in [0.05, 0.1) is 0 Å². The lowest BCUT2D eigenvalue weighted by atomic mass is 9.69. The van der Waals surface area contributed by atoms with Crippen molar-refractivity contribution in [2.24, 2.45) is 17.3 Å². The van der Waals surface area contributed by atoms with Gasteiger partial charge in [-0.1, -0.05) is 26.7 Å². The molecule has 0 aromatic carbocycles. The molecule has 0 amide bonds. The van der Waals surface area contributed by atoms with Crippen molar-refractivity contribution >= 4 is 5.78 Å². The fraction of sp³-hybridized carbons (Fsp3) is 0.938. The molecule has 1 N–H and O–H groups in total. The van der Waals surface area contributed by atoms with Crippen molar-refractivity contribution in [1.82, 2.24) is 5.32 Å². The maximum absolute atomic E-state index is 12.9. The number of ketones is 1. The van der Waals surface area contributed by atoms with Gasteiger partial charge in [-0.05, 0) is 51.0 Å². The number of nitrogens with one attached hydrogen (secondary N) is 1. The molecular weight excluding hydrogens is 222 g/mol. The average molecular weight is 251 g/mol. The second-order valence-electron chi connectivity index (χ2n) is 6.45. The van der Waals surface area contributed by atoms with Gasteiger partial charge in [0.15, 0.2) is 0 Å². The summed E-state index contributed by atoms with van der Waals surface area (Å²) in [4.78, 5) is 12.9. The van der Waals surface area contributed by atoms with Gasteiger partial charge in [-0.3, -0.25) is 4.79 Å². The van der Waals surface area contributed by atoms with Crippen LogP contribution >= 0.6 is 0 Å². The first-order chi connectivity index (χ1) is 8.72. The van der Waals surface area contributed by atoms with Gasteiger partial charge in [0.25, 0.3) is 0 Å². The van der Waals surface area contributed by atoms with E-state index in [0.29, 0.717) is 11.7 Å². The summed E-state index contributed by atoms with van der Waals surface area (Å²) in [5.74, 6) is 1.86. The molecule has 0 spiro atoms. The molecule has 1 aliphatic carbocycles. The molecule has 1 atom stereocenters. The summed E-state index contributed by atoms with van der Waals surface area (Å²) >= 11 is 0. The van der Waals surface area contributed by atoms with E-state index in [9.17, 15) is 4.79 Å². The van der Waals surface area contributed by atoms with E-state index in [1.54, 1.807) is 0 Å². The molecule has 1 unspecified atom stereocenters. The molecule has 18 heavy (non-hydrogen) atoms. The Hall–Kier alpha value is -0.370. The Kier molecular flexibility index (Phi) is 4.83. The molecule has 0 aromatic rings. The number of carbonyl (C=O) groups is 1. The standard InChI is InChI=1S/C16H29NO/c1-3-9-16(10-11-17-12-16)15(18)14-7-5-13(4-2)6-8-14/h13-14,17H,3-12H2,1-2H3. The molecule has 0 bridgehead atoms. The van der Waals surface area contributed by atoms with Crippen molar-refractivity contribution in [2.75, 3.05) is 13.1 Å². The summed E-state index contributed by atoms with van der Waals surface area (Å²) in [7, 11) is 0. The molecule has 2 heteroatoms. The quantitative estimate of drug-likeness (QED) is 0.809. The van der Waals surface area contributed by atoms with E-state index in [2.05, 4.69) is 19.2 Å². The van der Waals surface area contributed by atoms with Crippen molar-refractivity contribution in [2.45, 2.75) is 65.2 Å². The van der Waals surface area contributed by atoms with Gasteiger partial charge in [-0.25, -0.2) is 0 Å². The van der Waals surface area contributed by atoms with Gasteiger partial charge in [0.2, 0.25) is 0 Å². The summed E-state index contributed by atoms with van der Waals surface area (Å²) < 4.78 is 0. The van der Waals surface area contributed by atoms with E-state index >= 15 is 0 Å². The molecular formula is C16H29NO. The van der Waals surface area contributed by atoms with Gasteiger partial charge in [-0.2, -0.15) is 0 Å². The van der Waals surface area contributed by atoms with Crippen LogP contribution in [0.5, 0.6) is 0 Å². The lowest BCUT2D eigenvalue weighted by Gasteiger charge is -2.34. The van der Waals surface area contributed by atoms with Gasteiger partial charge >= 0.3 is 0 Å². The Morgan fingerprint density at radius 1 is 1.22 bits per heavy atom. The van der Waals surface area contributed by atoms with Gasteiger partial charge < -0.3 is 5.32 Å². The summed E-state index contributed by atoms with van der Waals surface area (Å²) in [5.41, 5.74) is -0.00152. The van der Waals surface area contributed by atoms with E-state index < -0.39 is 0 Å². The summed E-state index contributed by atoms with van der Waals surface area (Å²) in [6, 6.07) is 0. The first-order valence-corrected chi connectivity index (χ1v) is 7.97. The molecule has 104 valence electrons. The Labute approximate surface area is 112 Å². The molecule has 0 radical (unpaired) electrons. The van der Waals surface area contributed by atoms with Crippen molar-refractivity contribution in [3.8, 4) is 0 Å². The topological polar surface area (TPSA) is 29.1 Å². The zero-order valence-electron chi connectivity index (χ0n) is 12.1. The summed E-state index contributed by atoms with van der Waals surface area (Å²) in [6.45, 7) is 6.47. The molecule has 1 aliphatic heterocycles. The van der Waals surface area contributed by atoms with E-state index in [1.165, 1.54) is 19.3 Å². The molecule has 0 aromatic heterocycles. The lowest BCUT2D eigenvalue weighted by Crippen LogP contribution is -2.39. The Morgan fingerprint density at radius 3 is 2.44 bits per heavy atom. The maximum Gasteiger partial charge on any atom is 0.143 e. The summed E-state index contributed by atoms with van der Waals surface area (Å²) in [5, 5.41) is 3.42. The van der Waals surface area contributed by atoms with Crippen LogP contribution in [0.3, 0.4) is 0 Å². The van der Waals surface area contributed by atoms with Crippen LogP contribution in [-0.2, 0) is 4.79 Å². The zero-order valence-corrected chi connectivity index (χ0v) is 12.1. The molecule has 2 fully saturated rings. The number of Topliss-reactive ketones (excluding diaryl/α,β-unsaturated/α-hetero) is 1. The maximum atomic E-state index is 12.9. The monoisotopic (exact) mass is 251 g/mol. The number of rotatable bonds is 5. The third-order valence-electron chi connectivity index (χ3n) is 5.29. The molecule has 1 saturated carbocycles. The average Bonchev–Trinajstić information content (AvgIpc) is 2.88. The Balaban J connectivity index is 1.97. The minimum atomic E-state index is -0.00152. The number of carbonyl (C=O) groups excluding carboxylic acids is 1. The van der Waals surface area contributed by atoms with Crippen molar-refractivity contribution in [3.63, 3.8) is 0 Å². The number of hydrogen-bond donors (Lipinski definition) is 1. The van der Waals surface area contributed by atoms with Crippen LogP contribution in [0.15, 0.2) is 0 Å². The smallest absolute Gasteiger partial charge is 0.143 e. The highest BCUT2D eigenvalue weighted by Crippen LogP contribution is 2.40. The highest BCUT2D eigenvalue weighted by molar-refractivity contribution is 5.87. The van der Waals surface area contributed by atoms with Crippen LogP contribution < -0.4 is 5.32 Å². The van der Waals surface area contributed by atoms with Crippen molar-refractivity contribution in [1.29, 1.82) is 0 Å². The minimum absolute atomic E-state index is 0.00152. The zero-order chi connectivity index (χ0) is 13.0. The van der Waals surface area contributed by atoms with Crippen LogP contribution in [0.1, 0.15) is 65.2 Å². The van der Waals surface area contributed by atoms with E-state index in [4.69, 9.17) is 0 Å². The molecule has 2 aliphatic rings. The SMILES string of the molecule is CCCC1(C(=O)C2CCC(CC)CC2)CCNC1. The minimum Gasteiger partial charge on any atom is -0.316 e. The Bertz CT molecular complexity index is 273.